The number of alkyl halides is 2. The standard InChI is InChI=1S/C14H15F2N3O3S/c1-3-19-13(21)17-18-14(19)23-7-10(20)9-6-8(2)4-5-11(9)22-12(15)16/h4-6,12H,3,7H2,1-2H3,(H,17,21). The predicted molar refractivity (Wildman–Crippen MR) is 81.4 cm³/mol. The van der Waals surface area contributed by atoms with Crippen molar-refractivity contribution in [2.24, 2.45) is 0 Å². The Hall–Kier alpha value is -2.16. The van der Waals surface area contributed by atoms with Crippen LogP contribution in [-0.2, 0) is 6.54 Å². The lowest BCUT2D eigenvalue weighted by Crippen LogP contribution is -2.16. The fourth-order valence-electron chi connectivity index (χ4n) is 1.96. The summed E-state index contributed by atoms with van der Waals surface area (Å²) in [6, 6.07) is 4.43. The van der Waals surface area contributed by atoms with Crippen molar-refractivity contribution in [3.05, 3.63) is 39.8 Å². The normalized spacial score (nSPS) is 11.0. The maximum Gasteiger partial charge on any atom is 0.387 e. The molecular weight excluding hydrogens is 328 g/mol. The molecule has 0 radical (unpaired) electrons. The number of benzene rings is 1. The van der Waals surface area contributed by atoms with Gasteiger partial charge >= 0.3 is 12.3 Å². The average Bonchev–Trinajstić information content (AvgIpc) is 2.86. The number of carbonyl (C=O) groups is 1. The van der Waals surface area contributed by atoms with Crippen LogP contribution in [0, 0.1) is 6.92 Å². The molecule has 1 aromatic heterocycles. The van der Waals surface area contributed by atoms with Crippen LogP contribution in [0.15, 0.2) is 28.2 Å². The average molecular weight is 343 g/mol. The van der Waals surface area contributed by atoms with Crippen molar-refractivity contribution < 1.29 is 18.3 Å². The van der Waals surface area contributed by atoms with Crippen LogP contribution in [0.3, 0.4) is 0 Å². The molecular formula is C14H15F2N3O3S. The largest absolute Gasteiger partial charge is 0.434 e. The van der Waals surface area contributed by atoms with Crippen LogP contribution in [0.2, 0.25) is 0 Å². The summed E-state index contributed by atoms with van der Waals surface area (Å²) in [4.78, 5) is 23.8. The molecule has 2 aromatic rings. The molecule has 0 aliphatic carbocycles. The van der Waals surface area contributed by atoms with Gasteiger partial charge in [-0.1, -0.05) is 23.4 Å². The second kappa shape index (κ2) is 7.40. The summed E-state index contributed by atoms with van der Waals surface area (Å²) in [5.41, 5.74) is 0.476. The number of thioether (sulfide) groups is 1. The van der Waals surface area contributed by atoms with E-state index >= 15 is 0 Å². The summed E-state index contributed by atoms with van der Waals surface area (Å²) < 4.78 is 30.6. The molecule has 124 valence electrons. The van der Waals surface area contributed by atoms with Crippen LogP contribution in [-0.4, -0.2) is 32.9 Å². The quantitative estimate of drug-likeness (QED) is 0.617. The van der Waals surface area contributed by atoms with Gasteiger partial charge in [-0.2, -0.15) is 8.78 Å². The number of nitrogens with zero attached hydrogens (tertiary/aromatic N) is 2. The molecule has 0 fully saturated rings. The van der Waals surface area contributed by atoms with Crippen molar-refractivity contribution in [3.8, 4) is 5.75 Å². The Bertz CT molecular complexity index is 758. The van der Waals surface area contributed by atoms with Gasteiger partial charge in [-0.3, -0.25) is 9.36 Å². The van der Waals surface area contributed by atoms with E-state index in [4.69, 9.17) is 0 Å². The molecule has 0 amide bonds. The minimum atomic E-state index is -3.01. The van der Waals surface area contributed by atoms with E-state index in [1.54, 1.807) is 19.9 Å². The number of nitrogens with one attached hydrogen (secondary N) is 1. The van der Waals surface area contributed by atoms with Crippen LogP contribution in [0.4, 0.5) is 8.78 Å². The smallest absolute Gasteiger partial charge is 0.387 e. The van der Waals surface area contributed by atoms with Gasteiger partial charge in [0.15, 0.2) is 10.9 Å². The van der Waals surface area contributed by atoms with Crippen molar-refractivity contribution >= 4 is 17.5 Å². The Kier molecular flexibility index (Phi) is 5.54. The summed E-state index contributed by atoms with van der Waals surface area (Å²) in [6.07, 6.45) is 0. The van der Waals surface area contributed by atoms with Crippen LogP contribution < -0.4 is 10.4 Å². The van der Waals surface area contributed by atoms with Gasteiger partial charge in [0.25, 0.3) is 0 Å². The molecule has 0 saturated heterocycles. The number of ketones is 1. The van der Waals surface area contributed by atoms with E-state index in [1.165, 1.54) is 16.7 Å². The molecule has 0 aliphatic rings. The zero-order valence-corrected chi connectivity index (χ0v) is 13.3. The van der Waals surface area contributed by atoms with E-state index in [0.29, 0.717) is 11.7 Å². The van der Waals surface area contributed by atoms with Gasteiger partial charge in [0.1, 0.15) is 5.75 Å². The molecule has 0 saturated carbocycles. The maximum absolute atomic E-state index is 12.4. The summed E-state index contributed by atoms with van der Waals surface area (Å²) in [7, 11) is 0. The molecule has 0 unspecified atom stereocenters. The third-order valence-electron chi connectivity index (χ3n) is 3.02. The monoisotopic (exact) mass is 343 g/mol. The van der Waals surface area contributed by atoms with Gasteiger partial charge in [-0.15, -0.1) is 5.10 Å². The summed E-state index contributed by atoms with van der Waals surface area (Å²) in [5, 5.41) is 6.50. The molecule has 0 spiro atoms. The molecule has 1 heterocycles. The van der Waals surface area contributed by atoms with Gasteiger partial charge in [0.2, 0.25) is 0 Å². The van der Waals surface area contributed by atoms with Crippen LogP contribution in [0.1, 0.15) is 22.8 Å². The van der Waals surface area contributed by atoms with Crippen molar-refractivity contribution in [2.75, 3.05) is 5.75 Å². The lowest BCUT2D eigenvalue weighted by atomic mass is 10.1. The number of aryl methyl sites for hydroxylation is 1. The van der Waals surface area contributed by atoms with Crippen molar-refractivity contribution in [1.82, 2.24) is 14.8 Å². The highest BCUT2D eigenvalue weighted by Gasteiger charge is 2.18. The molecule has 0 atom stereocenters. The Morgan fingerprint density at radius 2 is 2.22 bits per heavy atom. The first-order chi connectivity index (χ1) is 10.9. The Labute approximate surface area is 134 Å². The van der Waals surface area contributed by atoms with E-state index < -0.39 is 6.61 Å². The lowest BCUT2D eigenvalue weighted by molar-refractivity contribution is -0.0501. The van der Waals surface area contributed by atoms with Crippen LogP contribution in [0.5, 0.6) is 5.75 Å². The summed E-state index contributed by atoms with van der Waals surface area (Å²) in [5.74, 6) is -0.591. The highest BCUT2D eigenvalue weighted by atomic mass is 32.2. The molecule has 0 bridgehead atoms. The SMILES string of the molecule is CCn1c(SCC(=O)c2cc(C)ccc2OC(F)F)n[nH]c1=O. The minimum Gasteiger partial charge on any atom is -0.434 e. The number of carbonyl (C=O) groups excluding carboxylic acids is 1. The number of Topliss-reactive ketones (excluding diaryl/α,β-unsaturated/α-hetero) is 1. The van der Waals surface area contributed by atoms with Crippen molar-refractivity contribution in [2.45, 2.75) is 32.2 Å². The predicted octanol–water partition coefficient (Wildman–Crippen LogP) is 2.48. The second-order valence-electron chi connectivity index (χ2n) is 4.65. The number of aromatic nitrogens is 3. The van der Waals surface area contributed by atoms with Gasteiger partial charge in [-0.25, -0.2) is 9.89 Å². The maximum atomic E-state index is 12.4. The molecule has 6 nitrogen and oxygen atoms in total. The zero-order valence-electron chi connectivity index (χ0n) is 12.5. The number of rotatable bonds is 7. The zero-order chi connectivity index (χ0) is 17.0. The molecule has 0 aliphatic heterocycles. The summed E-state index contributed by atoms with van der Waals surface area (Å²) >= 11 is 1.06. The van der Waals surface area contributed by atoms with E-state index in [0.717, 1.165) is 17.3 Å². The number of H-pyrrole nitrogens is 1. The molecule has 23 heavy (non-hydrogen) atoms. The molecule has 1 aromatic carbocycles. The third kappa shape index (κ3) is 4.19. The first kappa shape index (κ1) is 17.2. The van der Waals surface area contributed by atoms with Gasteiger partial charge in [0, 0.05) is 6.54 Å². The fourth-order valence-corrected chi connectivity index (χ4v) is 2.85. The van der Waals surface area contributed by atoms with Gasteiger partial charge in [0.05, 0.1) is 11.3 Å². The third-order valence-corrected chi connectivity index (χ3v) is 4.00. The molecule has 9 heteroatoms. The highest BCUT2D eigenvalue weighted by molar-refractivity contribution is 7.99. The number of aromatic amines is 1. The Balaban J connectivity index is 2.17. The lowest BCUT2D eigenvalue weighted by Gasteiger charge is -2.10. The Morgan fingerprint density at radius 3 is 2.87 bits per heavy atom. The minimum absolute atomic E-state index is 0.0483. The van der Waals surface area contributed by atoms with E-state index in [9.17, 15) is 18.4 Å². The topological polar surface area (TPSA) is 77.0 Å². The first-order valence-electron chi connectivity index (χ1n) is 6.79. The van der Waals surface area contributed by atoms with E-state index in [-0.39, 0.29) is 28.5 Å². The van der Waals surface area contributed by atoms with Gasteiger partial charge in [-0.05, 0) is 26.0 Å². The number of hydrogen-bond donors (Lipinski definition) is 1. The van der Waals surface area contributed by atoms with E-state index in [1.807, 2.05) is 0 Å². The van der Waals surface area contributed by atoms with Crippen LogP contribution >= 0.6 is 11.8 Å². The number of hydrogen-bond acceptors (Lipinski definition) is 5. The Morgan fingerprint density at radius 1 is 1.48 bits per heavy atom. The van der Waals surface area contributed by atoms with Crippen molar-refractivity contribution in [3.63, 3.8) is 0 Å². The number of halogens is 2. The fraction of sp³-hybridized carbons (Fsp3) is 0.357. The highest BCUT2D eigenvalue weighted by Crippen LogP contribution is 2.25. The van der Waals surface area contributed by atoms with Crippen LogP contribution in [0.25, 0.3) is 0 Å². The summed E-state index contributed by atoms with van der Waals surface area (Å²) in [6.45, 7) is 0.931. The molecule has 1 N–H and O–H groups in total. The van der Waals surface area contributed by atoms with Crippen molar-refractivity contribution in [1.29, 1.82) is 0 Å². The number of ether oxygens (including phenoxy) is 1. The van der Waals surface area contributed by atoms with E-state index in [2.05, 4.69) is 14.9 Å². The first-order valence-corrected chi connectivity index (χ1v) is 7.77. The van der Waals surface area contributed by atoms with Gasteiger partial charge < -0.3 is 4.74 Å². The second-order valence-corrected chi connectivity index (χ2v) is 5.59. The molecule has 2 rings (SSSR count).